The van der Waals surface area contributed by atoms with Crippen molar-refractivity contribution < 1.29 is 15.3 Å². The highest BCUT2D eigenvalue weighted by Gasteiger charge is 2.11. The van der Waals surface area contributed by atoms with Gasteiger partial charge in [0.25, 0.3) is 0 Å². The van der Waals surface area contributed by atoms with Crippen LogP contribution >= 0.6 is 0 Å². The molecule has 2 aromatic rings. The zero-order chi connectivity index (χ0) is 16.7. The number of aromatic hydroxyl groups is 1. The summed E-state index contributed by atoms with van der Waals surface area (Å²) in [5.41, 5.74) is 1.18. The van der Waals surface area contributed by atoms with Crippen LogP contribution in [0.25, 0.3) is 0 Å². The fourth-order valence-electron chi connectivity index (χ4n) is 2.36. The van der Waals surface area contributed by atoms with Crippen molar-refractivity contribution in [2.75, 3.05) is 26.3 Å². The minimum Gasteiger partial charge on any atom is -0.503 e. The normalized spacial score (nSPS) is 11.1. The van der Waals surface area contributed by atoms with Crippen LogP contribution in [0.1, 0.15) is 11.3 Å². The van der Waals surface area contributed by atoms with Crippen LogP contribution in [-0.2, 0) is 13.1 Å². The number of pyridine rings is 2. The van der Waals surface area contributed by atoms with Gasteiger partial charge in [0.15, 0.2) is 5.75 Å². The number of aliphatic hydroxyl groups is 2. The standard InChI is InChI=1S/C16H21N3O4/c20-6-4-18(5-7-21)11-14-8-15(22)16(23)12-19(14)10-13-2-1-3-17-9-13/h1-3,8-9,12,20-21,23H,4-7,10-11H2. The van der Waals surface area contributed by atoms with E-state index in [0.29, 0.717) is 31.9 Å². The SMILES string of the molecule is O=c1cc(CN(CCO)CCO)n(Cc2cccnc2)cc1O. The summed E-state index contributed by atoms with van der Waals surface area (Å²) >= 11 is 0. The van der Waals surface area contributed by atoms with Gasteiger partial charge in [-0.1, -0.05) is 6.07 Å². The van der Waals surface area contributed by atoms with E-state index in [1.54, 1.807) is 17.0 Å². The van der Waals surface area contributed by atoms with E-state index in [1.165, 1.54) is 12.3 Å². The molecule has 0 aliphatic heterocycles. The predicted octanol–water partition coefficient (Wildman–Crippen LogP) is -0.216. The molecule has 23 heavy (non-hydrogen) atoms. The Balaban J connectivity index is 2.29. The van der Waals surface area contributed by atoms with Gasteiger partial charge in [0.2, 0.25) is 5.43 Å². The molecule has 0 saturated heterocycles. The van der Waals surface area contributed by atoms with E-state index in [9.17, 15) is 9.90 Å². The first-order valence-electron chi connectivity index (χ1n) is 7.39. The Morgan fingerprint density at radius 1 is 1.22 bits per heavy atom. The van der Waals surface area contributed by atoms with E-state index >= 15 is 0 Å². The minimum absolute atomic E-state index is 0.0368. The molecular formula is C16H21N3O4. The highest BCUT2D eigenvalue weighted by atomic mass is 16.3. The third-order valence-corrected chi connectivity index (χ3v) is 3.49. The third-order valence-electron chi connectivity index (χ3n) is 3.49. The highest BCUT2D eigenvalue weighted by Crippen LogP contribution is 2.11. The molecule has 0 amide bonds. The molecule has 0 aliphatic carbocycles. The summed E-state index contributed by atoms with van der Waals surface area (Å²) < 4.78 is 1.77. The van der Waals surface area contributed by atoms with Crippen LogP contribution in [0, 0.1) is 0 Å². The van der Waals surface area contributed by atoms with Crippen molar-refractivity contribution in [3.63, 3.8) is 0 Å². The van der Waals surface area contributed by atoms with Gasteiger partial charge in [-0.2, -0.15) is 0 Å². The molecule has 2 aromatic heterocycles. The Morgan fingerprint density at radius 2 is 1.96 bits per heavy atom. The summed E-state index contributed by atoms with van der Waals surface area (Å²) in [4.78, 5) is 17.6. The molecule has 7 nitrogen and oxygen atoms in total. The summed E-state index contributed by atoms with van der Waals surface area (Å²) in [6.45, 7) is 1.56. The lowest BCUT2D eigenvalue weighted by Gasteiger charge is -2.23. The molecule has 0 aliphatic rings. The molecule has 2 rings (SSSR count). The van der Waals surface area contributed by atoms with Crippen LogP contribution in [-0.4, -0.2) is 56.1 Å². The zero-order valence-corrected chi connectivity index (χ0v) is 12.8. The molecule has 2 heterocycles. The largest absolute Gasteiger partial charge is 0.503 e. The van der Waals surface area contributed by atoms with E-state index in [2.05, 4.69) is 4.98 Å². The lowest BCUT2D eigenvalue weighted by Crippen LogP contribution is -2.31. The summed E-state index contributed by atoms with van der Waals surface area (Å²) in [5.74, 6) is -0.312. The minimum atomic E-state index is -0.449. The summed E-state index contributed by atoms with van der Waals surface area (Å²) in [6.07, 6.45) is 4.80. The second-order valence-electron chi connectivity index (χ2n) is 5.23. The van der Waals surface area contributed by atoms with Crippen molar-refractivity contribution in [1.82, 2.24) is 14.5 Å². The van der Waals surface area contributed by atoms with Crippen molar-refractivity contribution in [2.24, 2.45) is 0 Å². The van der Waals surface area contributed by atoms with E-state index in [0.717, 1.165) is 5.56 Å². The Bertz CT molecular complexity index is 667. The van der Waals surface area contributed by atoms with Gasteiger partial charge in [0.1, 0.15) is 0 Å². The number of nitrogens with zero attached hydrogens (tertiary/aromatic N) is 3. The molecule has 0 unspecified atom stereocenters. The number of aromatic nitrogens is 2. The van der Waals surface area contributed by atoms with Crippen molar-refractivity contribution in [1.29, 1.82) is 0 Å². The first kappa shape index (κ1) is 17.1. The summed E-state index contributed by atoms with van der Waals surface area (Å²) in [5, 5.41) is 27.9. The van der Waals surface area contributed by atoms with E-state index in [4.69, 9.17) is 10.2 Å². The van der Waals surface area contributed by atoms with Gasteiger partial charge < -0.3 is 19.9 Å². The van der Waals surface area contributed by atoms with Crippen LogP contribution in [0.5, 0.6) is 5.75 Å². The molecule has 0 fully saturated rings. The van der Waals surface area contributed by atoms with Gasteiger partial charge in [0, 0.05) is 50.3 Å². The maximum atomic E-state index is 11.7. The summed E-state index contributed by atoms with van der Waals surface area (Å²) in [7, 11) is 0. The molecule has 7 heteroatoms. The number of hydrogen-bond acceptors (Lipinski definition) is 6. The lowest BCUT2D eigenvalue weighted by atomic mass is 10.2. The Morgan fingerprint density at radius 3 is 2.57 bits per heavy atom. The number of hydrogen-bond donors (Lipinski definition) is 3. The smallest absolute Gasteiger partial charge is 0.223 e. The number of rotatable bonds is 8. The molecule has 3 N–H and O–H groups in total. The maximum absolute atomic E-state index is 11.7. The topological polar surface area (TPSA) is 98.8 Å². The van der Waals surface area contributed by atoms with Gasteiger partial charge in [-0.3, -0.25) is 14.7 Å². The molecule has 0 bridgehead atoms. The lowest BCUT2D eigenvalue weighted by molar-refractivity contribution is 0.153. The molecule has 0 atom stereocenters. The number of aliphatic hydroxyl groups excluding tert-OH is 2. The van der Waals surface area contributed by atoms with E-state index in [-0.39, 0.29) is 19.0 Å². The Kier molecular flexibility index (Phi) is 6.28. The van der Waals surface area contributed by atoms with Gasteiger partial charge >= 0.3 is 0 Å². The average molecular weight is 319 g/mol. The molecular weight excluding hydrogens is 298 g/mol. The van der Waals surface area contributed by atoms with E-state index in [1.807, 2.05) is 17.0 Å². The van der Waals surface area contributed by atoms with Crippen LogP contribution in [0.3, 0.4) is 0 Å². The van der Waals surface area contributed by atoms with Gasteiger partial charge in [0.05, 0.1) is 19.4 Å². The Hall–Kier alpha value is -2.22. The highest BCUT2D eigenvalue weighted by molar-refractivity contribution is 5.22. The van der Waals surface area contributed by atoms with Crippen molar-refractivity contribution in [2.45, 2.75) is 13.1 Å². The molecule has 0 aromatic carbocycles. The van der Waals surface area contributed by atoms with Gasteiger partial charge in [-0.25, -0.2) is 0 Å². The first-order valence-corrected chi connectivity index (χ1v) is 7.39. The zero-order valence-electron chi connectivity index (χ0n) is 12.8. The Labute approximate surface area is 134 Å². The van der Waals surface area contributed by atoms with Crippen LogP contribution in [0.4, 0.5) is 0 Å². The molecule has 0 radical (unpaired) electrons. The van der Waals surface area contributed by atoms with Gasteiger partial charge in [-0.05, 0) is 11.6 Å². The van der Waals surface area contributed by atoms with Crippen molar-refractivity contribution in [3.05, 3.63) is 58.3 Å². The summed E-state index contributed by atoms with van der Waals surface area (Å²) in [6, 6.07) is 5.11. The van der Waals surface area contributed by atoms with Crippen LogP contribution < -0.4 is 5.43 Å². The average Bonchev–Trinajstić information content (AvgIpc) is 2.53. The quantitative estimate of drug-likeness (QED) is 0.622. The predicted molar refractivity (Wildman–Crippen MR) is 85.2 cm³/mol. The second-order valence-corrected chi connectivity index (χ2v) is 5.23. The monoisotopic (exact) mass is 319 g/mol. The van der Waals surface area contributed by atoms with E-state index < -0.39 is 5.43 Å². The van der Waals surface area contributed by atoms with Crippen molar-refractivity contribution >= 4 is 0 Å². The fraction of sp³-hybridized carbons (Fsp3) is 0.375. The van der Waals surface area contributed by atoms with Crippen molar-refractivity contribution in [3.8, 4) is 5.75 Å². The fourth-order valence-corrected chi connectivity index (χ4v) is 2.36. The first-order chi connectivity index (χ1) is 11.1. The molecule has 0 saturated carbocycles. The third kappa shape index (κ3) is 4.88. The van der Waals surface area contributed by atoms with Crippen LogP contribution in [0.2, 0.25) is 0 Å². The maximum Gasteiger partial charge on any atom is 0.223 e. The second kappa shape index (κ2) is 8.42. The van der Waals surface area contributed by atoms with Crippen LogP contribution in [0.15, 0.2) is 41.6 Å². The molecule has 0 spiro atoms. The van der Waals surface area contributed by atoms with Gasteiger partial charge in [-0.15, -0.1) is 0 Å². The molecule has 124 valence electrons.